The Kier molecular flexibility index (Phi) is 4.18. The first-order valence-electron chi connectivity index (χ1n) is 7.45. The molecular formula is C16H18N4O2. The van der Waals surface area contributed by atoms with Crippen molar-refractivity contribution in [2.24, 2.45) is 0 Å². The molecule has 0 fully saturated rings. The average molecular weight is 298 g/mol. The number of nitrogens with zero attached hydrogens (tertiary/aromatic N) is 3. The summed E-state index contributed by atoms with van der Waals surface area (Å²) < 4.78 is 7.02. The number of ether oxygens (including phenoxy) is 1. The van der Waals surface area contributed by atoms with E-state index in [4.69, 9.17) is 4.74 Å². The van der Waals surface area contributed by atoms with E-state index in [1.807, 2.05) is 30.3 Å². The van der Waals surface area contributed by atoms with Gasteiger partial charge in [-0.2, -0.15) is 0 Å². The van der Waals surface area contributed by atoms with E-state index in [-0.39, 0.29) is 5.97 Å². The summed E-state index contributed by atoms with van der Waals surface area (Å²) in [7, 11) is 0. The van der Waals surface area contributed by atoms with Crippen LogP contribution in [0.1, 0.15) is 36.5 Å². The quantitative estimate of drug-likeness (QED) is 0.560. The summed E-state index contributed by atoms with van der Waals surface area (Å²) in [5.41, 5.74) is 2.53. The van der Waals surface area contributed by atoms with Gasteiger partial charge < -0.3 is 4.74 Å². The highest BCUT2D eigenvalue weighted by molar-refractivity contribution is 6.02. The van der Waals surface area contributed by atoms with E-state index in [0.29, 0.717) is 23.5 Å². The van der Waals surface area contributed by atoms with Crippen molar-refractivity contribution in [3.05, 3.63) is 42.2 Å². The van der Waals surface area contributed by atoms with Crippen molar-refractivity contribution in [2.75, 3.05) is 6.61 Å². The molecular weight excluding hydrogens is 280 g/mol. The van der Waals surface area contributed by atoms with Crippen LogP contribution in [0.25, 0.3) is 16.9 Å². The van der Waals surface area contributed by atoms with E-state index in [2.05, 4.69) is 22.2 Å². The fourth-order valence-corrected chi connectivity index (χ4v) is 2.37. The molecule has 3 aromatic rings. The number of esters is 1. The molecule has 1 aromatic carbocycles. The fourth-order valence-electron chi connectivity index (χ4n) is 2.37. The van der Waals surface area contributed by atoms with Gasteiger partial charge in [-0.15, -0.1) is 10.2 Å². The van der Waals surface area contributed by atoms with Gasteiger partial charge >= 0.3 is 5.97 Å². The van der Waals surface area contributed by atoms with Gasteiger partial charge in [0.1, 0.15) is 11.9 Å². The standard InChI is InChI=1S/C16H18N4O2/c1-2-3-7-10-22-16(21)13-14(12-8-5-4-6-9-12)19-20-11-17-18-15(13)20/h4-6,8-9,11,19H,2-3,7,10H2,1H3. The summed E-state index contributed by atoms with van der Waals surface area (Å²) in [4.78, 5) is 12.5. The highest BCUT2D eigenvalue weighted by atomic mass is 16.5. The number of unbranched alkanes of at least 4 members (excludes halogenated alkanes) is 2. The number of H-pyrrole nitrogens is 1. The zero-order valence-corrected chi connectivity index (χ0v) is 12.5. The van der Waals surface area contributed by atoms with Crippen LogP contribution in [0.4, 0.5) is 0 Å². The summed E-state index contributed by atoms with van der Waals surface area (Å²) in [6, 6.07) is 9.65. The molecule has 0 bridgehead atoms. The van der Waals surface area contributed by atoms with Crippen LogP contribution in [0.3, 0.4) is 0 Å². The molecule has 0 aliphatic rings. The van der Waals surface area contributed by atoms with Crippen molar-refractivity contribution in [1.82, 2.24) is 19.8 Å². The molecule has 6 nitrogen and oxygen atoms in total. The topological polar surface area (TPSA) is 72.3 Å². The Morgan fingerprint density at radius 2 is 2.09 bits per heavy atom. The van der Waals surface area contributed by atoms with Crippen molar-refractivity contribution >= 4 is 11.6 Å². The third-order valence-corrected chi connectivity index (χ3v) is 3.50. The minimum absolute atomic E-state index is 0.366. The van der Waals surface area contributed by atoms with E-state index in [1.165, 1.54) is 6.33 Å². The summed E-state index contributed by atoms with van der Waals surface area (Å²) in [5, 5.41) is 11.0. The second-order valence-electron chi connectivity index (χ2n) is 5.10. The largest absolute Gasteiger partial charge is 0.462 e. The van der Waals surface area contributed by atoms with Crippen molar-refractivity contribution in [3.63, 3.8) is 0 Å². The van der Waals surface area contributed by atoms with Crippen LogP contribution in [0.5, 0.6) is 0 Å². The number of aromatic amines is 1. The molecule has 3 rings (SSSR count). The van der Waals surface area contributed by atoms with Gasteiger partial charge in [-0.3, -0.25) is 5.10 Å². The molecule has 0 amide bonds. The van der Waals surface area contributed by atoms with Crippen LogP contribution < -0.4 is 0 Å². The van der Waals surface area contributed by atoms with Gasteiger partial charge in [0.05, 0.1) is 12.3 Å². The smallest absolute Gasteiger partial charge is 0.344 e. The number of carbonyl (C=O) groups is 1. The van der Waals surface area contributed by atoms with Gasteiger partial charge in [-0.1, -0.05) is 50.1 Å². The molecule has 2 heterocycles. The van der Waals surface area contributed by atoms with Crippen molar-refractivity contribution < 1.29 is 9.53 Å². The van der Waals surface area contributed by atoms with Crippen LogP contribution in [0.2, 0.25) is 0 Å². The van der Waals surface area contributed by atoms with Gasteiger partial charge in [0.2, 0.25) is 0 Å². The predicted octanol–water partition coefficient (Wildman–Crippen LogP) is 3.07. The highest BCUT2D eigenvalue weighted by Gasteiger charge is 2.22. The number of benzene rings is 1. The van der Waals surface area contributed by atoms with Gasteiger partial charge in [0, 0.05) is 5.56 Å². The van der Waals surface area contributed by atoms with Gasteiger partial charge in [-0.25, -0.2) is 9.31 Å². The molecule has 6 heteroatoms. The lowest BCUT2D eigenvalue weighted by atomic mass is 10.1. The maximum atomic E-state index is 12.5. The SMILES string of the molecule is CCCCCOC(=O)c1c(-c2ccccc2)[nH]n2cnnc12. The normalized spacial score (nSPS) is 11.0. The van der Waals surface area contributed by atoms with Crippen molar-refractivity contribution in [1.29, 1.82) is 0 Å². The molecule has 2 aromatic heterocycles. The molecule has 1 N–H and O–H groups in total. The van der Waals surface area contributed by atoms with Gasteiger partial charge in [0.15, 0.2) is 5.65 Å². The molecule has 0 saturated heterocycles. The Bertz CT molecular complexity index is 761. The molecule has 0 saturated carbocycles. The molecule has 0 radical (unpaired) electrons. The number of fused-ring (bicyclic) bond motifs is 1. The van der Waals surface area contributed by atoms with Crippen molar-refractivity contribution in [2.45, 2.75) is 26.2 Å². The number of hydrogen-bond donors (Lipinski definition) is 1. The number of hydrogen-bond acceptors (Lipinski definition) is 4. The minimum atomic E-state index is -0.366. The molecule has 0 unspecified atom stereocenters. The maximum Gasteiger partial charge on any atom is 0.344 e. The Labute approximate surface area is 128 Å². The van der Waals surface area contributed by atoms with E-state index in [9.17, 15) is 4.79 Å². The van der Waals surface area contributed by atoms with Crippen LogP contribution in [0, 0.1) is 0 Å². The van der Waals surface area contributed by atoms with Crippen LogP contribution in [-0.4, -0.2) is 32.4 Å². The Morgan fingerprint density at radius 3 is 2.86 bits per heavy atom. The fraction of sp³-hybridized carbons (Fsp3) is 0.312. The molecule has 0 atom stereocenters. The van der Waals surface area contributed by atoms with E-state index < -0.39 is 0 Å². The first kappa shape index (κ1) is 14.3. The van der Waals surface area contributed by atoms with E-state index in [1.54, 1.807) is 4.52 Å². The number of rotatable bonds is 6. The number of nitrogens with one attached hydrogen (secondary N) is 1. The third kappa shape index (κ3) is 2.72. The Hall–Kier alpha value is -2.63. The molecule has 0 aliphatic carbocycles. The zero-order valence-electron chi connectivity index (χ0n) is 12.5. The van der Waals surface area contributed by atoms with Crippen molar-refractivity contribution in [3.8, 4) is 11.3 Å². The zero-order chi connectivity index (χ0) is 15.4. The molecule has 114 valence electrons. The molecule has 0 spiro atoms. The second kappa shape index (κ2) is 6.43. The molecule has 0 aliphatic heterocycles. The minimum Gasteiger partial charge on any atom is -0.462 e. The van der Waals surface area contributed by atoms with E-state index >= 15 is 0 Å². The summed E-state index contributed by atoms with van der Waals surface area (Å²) in [6.07, 6.45) is 4.55. The summed E-state index contributed by atoms with van der Waals surface area (Å²) >= 11 is 0. The molecule has 22 heavy (non-hydrogen) atoms. The first-order chi connectivity index (χ1) is 10.8. The lowest BCUT2D eigenvalue weighted by Gasteiger charge is -2.05. The summed E-state index contributed by atoms with van der Waals surface area (Å²) in [5.74, 6) is -0.366. The summed E-state index contributed by atoms with van der Waals surface area (Å²) in [6.45, 7) is 2.54. The first-order valence-corrected chi connectivity index (χ1v) is 7.45. The number of aromatic nitrogens is 4. The Balaban J connectivity index is 1.93. The maximum absolute atomic E-state index is 12.5. The third-order valence-electron chi connectivity index (χ3n) is 3.50. The lowest BCUT2D eigenvalue weighted by Crippen LogP contribution is -2.07. The van der Waals surface area contributed by atoms with Crippen LogP contribution in [-0.2, 0) is 4.74 Å². The van der Waals surface area contributed by atoms with E-state index in [0.717, 1.165) is 24.8 Å². The van der Waals surface area contributed by atoms with Gasteiger partial charge in [0.25, 0.3) is 0 Å². The number of carbonyl (C=O) groups excluding carboxylic acids is 1. The van der Waals surface area contributed by atoms with Gasteiger partial charge in [-0.05, 0) is 6.42 Å². The lowest BCUT2D eigenvalue weighted by molar-refractivity contribution is 0.0501. The average Bonchev–Trinajstić information content (AvgIpc) is 3.12. The second-order valence-corrected chi connectivity index (χ2v) is 5.10. The van der Waals surface area contributed by atoms with Crippen LogP contribution >= 0.6 is 0 Å². The Morgan fingerprint density at radius 1 is 1.27 bits per heavy atom. The van der Waals surface area contributed by atoms with Crippen LogP contribution in [0.15, 0.2) is 36.7 Å². The predicted molar refractivity (Wildman–Crippen MR) is 82.6 cm³/mol. The highest BCUT2D eigenvalue weighted by Crippen LogP contribution is 2.25. The monoisotopic (exact) mass is 298 g/mol.